The molecule has 0 aliphatic carbocycles. The van der Waals surface area contributed by atoms with Crippen molar-refractivity contribution in [3.63, 3.8) is 0 Å². The van der Waals surface area contributed by atoms with E-state index >= 15 is 0 Å². The molecule has 0 spiro atoms. The van der Waals surface area contributed by atoms with Gasteiger partial charge in [0.2, 0.25) is 0 Å². The second-order valence-electron chi connectivity index (χ2n) is 16.8. The Kier molecular flexibility index (Phi) is 46.4. The quantitative estimate of drug-likeness (QED) is 0.0200. The molecule has 0 bridgehead atoms. The fraction of sp³-hybridized carbons (Fsp3) is 0.759. The molecule has 0 aromatic heterocycles. The lowest BCUT2D eigenvalue weighted by molar-refractivity contribution is -0.166. The SMILES string of the molecule is CCCCCCC\C=C/C=C\C=C/CCCCCCCC(=O)OCC(COC(=O)CCCCCCCCCCCCC)OC(=O)CC/C=C\C/C=C\CCCCCCCC. The van der Waals surface area contributed by atoms with Crippen molar-refractivity contribution >= 4 is 17.9 Å². The topological polar surface area (TPSA) is 78.9 Å². The van der Waals surface area contributed by atoms with Crippen molar-refractivity contribution in [2.24, 2.45) is 0 Å². The first-order valence-corrected chi connectivity index (χ1v) is 25.3. The van der Waals surface area contributed by atoms with Gasteiger partial charge in [0.25, 0.3) is 0 Å². The molecule has 0 fully saturated rings. The first kappa shape index (κ1) is 57.1. The Balaban J connectivity index is 4.45. The number of allylic oxidation sites excluding steroid dienone is 10. The van der Waals surface area contributed by atoms with Gasteiger partial charge in [0.15, 0.2) is 6.10 Å². The van der Waals surface area contributed by atoms with Crippen molar-refractivity contribution in [2.45, 2.75) is 252 Å². The molecule has 0 N–H and O–H groups in total. The molecule has 60 heavy (non-hydrogen) atoms. The normalized spacial score (nSPS) is 12.5. The van der Waals surface area contributed by atoms with Gasteiger partial charge in [-0.1, -0.05) is 223 Å². The van der Waals surface area contributed by atoms with Crippen LogP contribution in [-0.4, -0.2) is 37.2 Å². The van der Waals surface area contributed by atoms with E-state index in [-0.39, 0.29) is 37.5 Å². The summed E-state index contributed by atoms with van der Waals surface area (Å²) in [4.78, 5) is 37.8. The average molecular weight is 839 g/mol. The summed E-state index contributed by atoms with van der Waals surface area (Å²) in [5.41, 5.74) is 0. The van der Waals surface area contributed by atoms with E-state index in [1.54, 1.807) is 0 Å². The number of carbonyl (C=O) groups excluding carboxylic acids is 3. The zero-order valence-electron chi connectivity index (χ0n) is 39.5. The maximum Gasteiger partial charge on any atom is 0.306 e. The lowest BCUT2D eigenvalue weighted by Crippen LogP contribution is -2.30. The van der Waals surface area contributed by atoms with Crippen molar-refractivity contribution in [3.8, 4) is 0 Å². The largest absolute Gasteiger partial charge is 0.462 e. The summed E-state index contributed by atoms with van der Waals surface area (Å²) in [5.74, 6) is -0.989. The van der Waals surface area contributed by atoms with Gasteiger partial charge in [-0.15, -0.1) is 0 Å². The van der Waals surface area contributed by atoms with Crippen LogP contribution < -0.4 is 0 Å². The molecule has 6 nitrogen and oxygen atoms in total. The number of hydrogen-bond acceptors (Lipinski definition) is 6. The predicted molar refractivity (Wildman–Crippen MR) is 256 cm³/mol. The van der Waals surface area contributed by atoms with Gasteiger partial charge in [-0.05, 0) is 64.2 Å². The number of ether oxygens (including phenoxy) is 3. The van der Waals surface area contributed by atoms with Gasteiger partial charge < -0.3 is 14.2 Å². The molecular formula is C54H94O6. The van der Waals surface area contributed by atoms with Crippen LogP contribution in [0.15, 0.2) is 60.8 Å². The summed E-state index contributed by atoms with van der Waals surface area (Å²) in [7, 11) is 0. The summed E-state index contributed by atoms with van der Waals surface area (Å²) < 4.78 is 16.7. The lowest BCUT2D eigenvalue weighted by atomic mass is 10.1. The molecule has 0 aliphatic rings. The highest BCUT2D eigenvalue weighted by atomic mass is 16.6. The molecule has 0 radical (unpaired) electrons. The lowest BCUT2D eigenvalue weighted by Gasteiger charge is -2.18. The first-order chi connectivity index (χ1) is 29.5. The van der Waals surface area contributed by atoms with E-state index in [9.17, 15) is 14.4 Å². The third-order valence-corrected chi connectivity index (χ3v) is 10.8. The van der Waals surface area contributed by atoms with Crippen molar-refractivity contribution in [1.29, 1.82) is 0 Å². The van der Waals surface area contributed by atoms with E-state index in [0.717, 1.165) is 70.6 Å². The summed E-state index contributed by atoms with van der Waals surface area (Å²) in [5, 5.41) is 0. The Hall–Kier alpha value is -2.89. The average Bonchev–Trinajstić information content (AvgIpc) is 3.24. The molecule has 346 valence electrons. The van der Waals surface area contributed by atoms with Crippen molar-refractivity contribution < 1.29 is 28.6 Å². The van der Waals surface area contributed by atoms with E-state index < -0.39 is 6.10 Å². The minimum atomic E-state index is -0.809. The molecule has 0 aromatic carbocycles. The Bertz CT molecular complexity index is 1100. The Morgan fingerprint density at radius 2 is 0.700 bits per heavy atom. The maximum atomic E-state index is 12.7. The molecule has 1 unspecified atom stereocenters. The number of esters is 3. The molecule has 0 amide bonds. The Morgan fingerprint density at radius 1 is 0.350 bits per heavy atom. The van der Waals surface area contributed by atoms with Crippen molar-refractivity contribution in [2.75, 3.05) is 13.2 Å². The van der Waals surface area contributed by atoms with Gasteiger partial charge in [-0.25, -0.2) is 0 Å². The second kappa shape index (κ2) is 48.8. The fourth-order valence-electron chi connectivity index (χ4n) is 6.97. The van der Waals surface area contributed by atoms with E-state index in [4.69, 9.17) is 14.2 Å². The fourth-order valence-corrected chi connectivity index (χ4v) is 6.97. The summed E-state index contributed by atoms with van der Waals surface area (Å²) >= 11 is 0. The van der Waals surface area contributed by atoms with Gasteiger partial charge in [-0.3, -0.25) is 14.4 Å². The van der Waals surface area contributed by atoms with Crippen LogP contribution in [0.1, 0.15) is 245 Å². The summed E-state index contributed by atoms with van der Waals surface area (Å²) in [6.07, 6.45) is 59.3. The molecule has 0 saturated carbocycles. The van der Waals surface area contributed by atoms with Gasteiger partial charge in [0, 0.05) is 19.3 Å². The highest BCUT2D eigenvalue weighted by Crippen LogP contribution is 2.14. The highest BCUT2D eigenvalue weighted by molar-refractivity contribution is 5.71. The molecule has 0 rings (SSSR count). The minimum absolute atomic E-state index is 0.102. The molecule has 1 atom stereocenters. The number of hydrogen-bond donors (Lipinski definition) is 0. The van der Waals surface area contributed by atoms with Gasteiger partial charge >= 0.3 is 17.9 Å². The Labute approximate surface area is 370 Å². The number of unbranched alkanes of at least 4 members (excludes halogenated alkanes) is 26. The van der Waals surface area contributed by atoms with Crippen molar-refractivity contribution in [1.82, 2.24) is 0 Å². The zero-order valence-corrected chi connectivity index (χ0v) is 39.5. The van der Waals surface area contributed by atoms with Crippen LogP contribution in [0.25, 0.3) is 0 Å². The van der Waals surface area contributed by atoms with Crippen LogP contribution in [0, 0.1) is 0 Å². The van der Waals surface area contributed by atoms with Crippen LogP contribution in [-0.2, 0) is 28.6 Å². The Morgan fingerprint density at radius 3 is 1.12 bits per heavy atom. The smallest absolute Gasteiger partial charge is 0.306 e. The van der Waals surface area contributed by atoms with E-state index in [0.29, 0.717) is 19.3 Å². The van der Waals surface area contributed by atoms with Crippen LogP contribution in [0.5, 0.6) is 0 Å². The van der Waals surface area contributed by atoms with Crippen molar-refractivity contribution in [3.05, 3.63) is 60.8 Å². The highest BCUT2D eigenvalue weighted by Gasteiger charge is 2.19. The monoisotopic (exact) mass is 839 g/mol. The van der Waals surface area contributed by atoms with Crippen LogP contribution >= 0.6 is 0 Å². The van der Waals surface area contributed by atoms with E-state index in [1.807, 2.05) is 6.08 Å². The molecule has 0 aliphatic heterocycles. The molecule has 0 aromatic rings. The van der Waals surface area contributed by atoms with Gasteiger partial charge in [0.1, 0.15) is 13.2 Å². The number of rotatable bonds is 45. The second-order valence-corrected chi connectivity index (χ2v) is 16.8. The van der Waals surface area contributed by atoms with Crippen LogP contribution in [0.2, 0.25) is 0 Å². The van der Waals surface area contributed by atoms with Gasteiger partial charge in [0.05, 0.1) is 0 Å². The molecule has 0 saturated heterocycles. The number of carbonyl (C=O) groups is 3. The molecule has 0 heterocycles. The van der Waals surface area contributed by atoms with Gasteiger partial charge in [-0.2, -0.15) is 0 Å². The zero-order chi connectivity index (χ0) is 43.7. The summed E-state index contributed by atoms with van der Waals surface area (Å²) in [6.45, 7) is 6.54. The molecule has 6 heteroatoms. The predicted octanol–water partition coefficient (Wildman–Crippen LogP) is 16.5. The minimum Gasteiger partial charge on any atom is -0.462 e. The third-order valence-electron chi connectivity index (χ3n) is 10.8. The van der Waals surface area contributed by atoms with Crippen LogP contribution in [0.4, 0.5) is 0 Å². The first-order valence-electron chi connectivity index (χ1n) is 25.3. The van der Waals surface area contributed by atoms with E-state index in [1.165, 1.54) is 128 Å². The maximum absolute atomic E-state index is 12.7. The molecular weight excluding hydrogens is 745 g/mol. The van der Waals surface area contributed by atoms with E-state index in [2.05, 4.69) is 75.5 Å². The standard InChI is InChI=1S/C54H94O6/c1-4-7-10-13-16-19-22-24-25-26-27-28-30-32-35-38-41-44-47-53(56)59-50-51(49-58-52(55)46-43-40-37-34-31-21-18-15-12-9-6-3)60-54(57)48-45-42-39-36-33-29-23-20-17-14-11-8-5-2/h22,24-29,33,39,42,51H,4-21,23,30-32,34-38,40-41,43-50H2,1-3H3/b24-22-,26-25-,28-27-,33-29-,42-39-. The van der Waals surface area contributed by atoms with Crippen LogP contribution in [0.3, 0.4) is 0 Å². The summed E-state index contributed by atoms with van der Waals surface area (Å²) in [6, 6.07) is 0. The third kappa shape index (κ3) is 46.2.